The van der Waals surface area contributed by atoms with Gasteiger partial charge in [0.25, 0.3) is 0 Å². The summed E-state index contributed by atoms with van der Waals surface area (Å²) >= 11 is 0. The van der Waals surface area contributed by atoms with Gasteiger partial charge in [0.1, 0.15) is 0 Å². The predicted molar refractivity (Wildman–Crippen MR) is 162 cm³/mol. The van der Waals surface area contributed by atoms with E-state index in [1.165, 1.54) is 116 Å². The minimum Gasteiger partial charge on any atom is -0.302 e. The average molecular weight is 543 g/mol. The van der Waals surface area contributed by atoms with Crippen LogP contribution in [0.3, 0.4) is 0 Å². The highest BCUT2D eigenvalue weighted by Gasteiger charge is 2.19. The van der Waals surface area contributed by atoms with Crippen LogP contribution < -0.4 is 0 Å². The van der Waals surface area contributed by atoms with Crippen molar-refractivity contribution in [2.24, 2.45) is 0 Å². The summed E-state index contributed by atoms with van der Waals surface area (Å²) in [5, 5.41) is 0. The van der Waals surface area contributed by atoms with E-state index in [0.717, 1.165) is 38.5 Å². The molecule has 0 aliphatic heterocycles. The Morgan fingerprint density at radius 2 is 0.730 bits per heavy atom. The molecule has 4 nitrogen and oxygen atoms in total. The Morgan fingerprint density at radius 3 is 1.05 bits per heavy atom. The lowest BCUT2D eigenvalue weighted by Gasteiger charge is -2.12. The summed E-state index contributed by atoms with van der Waals surface area (Å²) in [4.78, 5) is 9.82. The molecule has 0 bridgehead atoms. The summed E-state index contributed by atoms with van der Waals surface area (Å²) < 4.78 is 22.2. The first-order valence-corrected chi connectivity index (χ1v) is 17.5. The summed E-state index contributed by atoms with van der Waals surface area (Å²) in [5.41, 5.74) is 0. The highest BCUT2D eigenvalue weighted by atomic mass is 31.2. The number of hydrogen-bond acceptors (Lipinski definition) is 3. The van der Waals surface area contributed by atoms with Gasteiger partial charge in [-0.25, -0.2) is 4.57 Å². The fourth-order valence-electron chi connectivity index (χ4n) is 4.39. The summed E-state index contributed by atoms with van der Waals surface area (Å²) in [5.74, 6) is 0. The standard InChI is InChI=1S/C32H63O4P/c1-3-5-7-9-11-13-15-17-19-21-23-25-27-29-31-35-37(33,34)36-32-30-28-26-24-22-20-18-16-14-12-10-8-6-4-2/h13-16H,3-12,17-32H2,1-2H3,(H,33,34). The number of unbranched alkanes of at least 4 members (excludes halogenated alkanes) is 20. The maximum atomic E-state index is 12.0. The summed E-state index contributed by atoms with van der Waals surface area (Å²) in [6.07, 6.45) is 38.5. The SMILES string of the molecule is CCCCCCC=CCCCCCCCCOP(=O)(O)OCCCCCCCCC=CCCCCCC. The topological polar surface area (TPSA) is 55.8 Å². The number of phosphoric acid groups is 1. The van der Waals surface area contributed by atoms with E-state index < -0.39 is 7.82 Å². The first-order valence-electron chi connectivity index (χ1n) is 16.0. The van der Waals surface area contributed by atoms with Crippen LogP contribution in [0.25, 0.3) is 0 Å². The molecule has 0 spiro atoms. The van der Waals surface area contributed by atoms with Crippen molar-refractivity contribution in [3.63, 3.8) is 0 Å². The maximum absolute atomic E-state index is 12.0. The van der Waals surface area contributed by atoms with E-state index in [1.807, 2.05) is 0 Å². The summed E-state index contributed by atoms with van der Waals surface area (Å²) in [7, 11) is -3.88. The molecule has 0 aromatic rings. The molecule has 0 radical (unpaired) electrons. The van der Waals surface area contributed by atoms with Crippen LogP contribution in [0.4, 0.5) is 0 Å². The van der Waals surface area contributed by atoms with E-state index in [1.54, 1.807) is 0 Å². The third-order valence-corrected chi connectivity index (χ3v) is 7.84. The van der Waals surface area contributed by atoms with Crippen LogP contribution in [0.15, 0.2) is 24.3 Å². The van der Waals surface area contributed by atoms with Crippen molar-refractivity contribution in [1.82, 2.24) is 0 Å². The lowest BCUT2D eigenvalue weighted by Crippen LogP contribution is -1.99. The first-order chi connectivity index (χ1) is 18.1. The van der Waals surface area contributed by atoms with Gasteiger partial charge in [0.05, 0.1) is 13.2 Å². The van der Waals surface area contributed by atoms with Gasteiger partial charge in [-0.05, 0) is 64.2 Å². The highest BCUT2D eigenvalue weighted by Crippen LogP contribution is 2.43. The molecule has 0 rings (SSSR count). The third-order valence-electron chi connectivity index (χ3n) is 6.82. The third kappa shape index (κ3) is 31.7. The number of hydrogen-bond donors (Lipinski definition) is 1. The Morgan fingerprint density at radius 1 is 0.459 bits per heavy atom. The summed E-state index contributed by atoms with van der Waals surface area (Å²) in [6.45, 7) is 5.12. The maximum Gasteiger partial charge on any atom is 0.472 e. The van der Waals surface area contributed by atoms with Crippen LogP contribution >= 0.6 is 7.82 Å². The molecule has 0 unspecified atom stereocenters. The molecular formula is C32H63O4P. The van der Waals surface area contributed by atoms with Crippen LogP contribution in [-0.4, -0.2) is 18.1 Å². The van der Waals surface area contributed by atoms with Gasteiger partial charge in [-0.15, -0.1) is 0 Å². The van der Waals surface area contributed by atoms with Gasteiger partial charge in [0.2, 0.25) is 0 Å². The molecule has 0 heterocycles. The minimum absolute atomic E-state index is 0.307. The van der Waals surface area contributed by atoms with Crippen molar-refractivity contribution < 1.29 is 18.5 Å². The molecular weight excluding hydrogens is 479 g/mol. The van der Waals surface area contributed by atoms with E-state index in [2.05, 4.69) is 38.2 Å². The molecule has 0 aliphatic rings. The largest absolute Gasteiger partial charge is 0.472 e. The van der Waals surface area contributed by atoms with Crippen molar-refractivity contribution in [1.29, 1.82) is 0 Å². The summed E-state index contributed by atoms with van der Waals surface area (Å²) in [6, 6.07) is 0. The number of allylic oxidation sites excluding steroid dienone is 4. The molecule has 0 atom stereocenters. The zero-order chi connectivity index (χ0) is 27.1. The number of phosphoric ester groups is 1. The van der Waals surface area contributed by atoms with Crippen LogP contribution in [0.2, 0.25) is 0 Å². The van der Waals surface area contributed by atoms with Gasteiger partial charge in [0.15, 0.2) is 0 Å². The van der Waals surface area contributed by atoms with E-state index in [0.29, 0.717) is 13.2 Å². The predicted octanol–water partition coefficient (Wildman–Crippen LogP) is 11.6. The molecule has 220 valence electrons. The van der Waals surface area contributed by atoms with Crippen molar-refractivity contribution in [2.75, 3.05) is 13.2 Å². The van der Waals surface area contributed by atoms with E-state index in [4.69, 9.17) is 9.05 Å². The second-order valence-corrected chi connectivity index (χ2v) is 12.0. The zero-order valence-electron chi connectivity index (χ0n) is 24.8. The Labute approximate surface area is 231 Å². The van der Waals surface area contributed by atoms with E-state index in [-0.39, 0.29) is 0 Å². The van der Waals surface area contributed by atoms with Crippen molar-refractivity contribution in [2.45, 2.75) is 168 Å². The second kappa shape index (κ2) is 30.1. The molecule has 37 heavy (non-hydrogen) atoms. The Bertz CT molecular complexity index is 503. The molecule has 0 saturated carbocycles. The Balaban J connectivity index is 3.36. The molecule has 1 N–H and O–H groups in total. The fourth-order valence-corrected chi connectivity index (χ4v) is 5.18. The van der Waals surface area contributed by atoms with Gasteiger partial charge in [0, 0.05) is 0 Å². The molecule has 0 saturated heterocycles. The van der Waals surface area contributed by atoms with Crippen LogP contribution in [-0.2, 0) is 13.6 Å². The number of rotatable bonds is 30. The molecule has 5 heteroatoms. The zero-order valence-corrected chi connectivity index (χ0v) is 25.7. The Kier molecular flexibility index (Phi) is 29.8. The lowest BCUT2D eigenvalue weighted by atomic mass is 10.1. The normalized spacial score (nSPS) is 13.7. The van der Waals surface area contributed by atoms with Crippen molar-refractivity contribution >= 4 is 7.82 Å². The van der Waals surface area contributed by atoms with Crippen molar-refractivity contribution in [3.8, 4) is 0 Å². The molecule has 0 fully saturated rings. The van der Waals surface area contributed by atoms with E-state index in [9.17, 15) is 9.46 Å². The van der Waals surface area contributed by atoms with Crippen LogP contribution in [0.5, 0.6) is 0 Å². The molecule has 0 amide bonds. The highest BCUT2D eigenvalue weighted by molar-refractivity contribution is 7.47. The van der Waals surface area contributed by atoms with Crippen molar-refractivity contribution in [3.05, 3.63) is 24.3 Å². The smallest absolute Gasteiger partial charge is 0.302 e. The first kappa shape index (κ1) is 36.6. The fraction of sp³-hybridized carbons (Fsp3) is 0.875. The van der Waals surface area contributed by atoms with E-state index >= 15 is 0 Å². The minimum atomic E-state index is -3.88. The Hall–Kier alpha value is -0.410. The van der Waals surface area contributed by atoms with Gasteiger partial charge in [-0.1, -0.05) is 128 Å². The molecule has 0 aromatic heterocycles. The molecule has 0 aliphatic carbocycles. The van der Waals surface area contributed by atoms with Gasteiger partial charge in [-0.2, -0.15) is 0 Å². The molecule has 0 aromatic carbocycles. The lowest BCUT2D eigenvalue weighted by molar-refractivity contribution is 0.145. The van der Waals surface area contributed by atoms with Gasteiger partial charge in [-0.3, -0.25) is 9.05 Å². The van der Waals surface area contributed by atoms with Gasteiger partial charge < -0.3 is 4.89 Å². The monoisotopic (exact) mass is 542 g/mol. The van der Waals surface area contributed by atoms with Crippen LogP contribution in [0, 0.1) is 0 Å². The quantitative estimate of drug-likeness (QED) is 0.0557. The average Bonchev–Trinajstić information content (AvgIpc) is 2.88. The van der Waals surface area contributed by atoms with Crippen LogP contribution in [0.1, 0.15) is 168 Å². The van der Waals surface area contributed by atoms with Gasteiger partial charge >= 0.3 is 7.82 Å². The second-order valence-electron chi connectivity index (χ2n) is 10.6.